The lowest BCUT2D eigenvalue weighted by Gasteiger charge is -2.29. The van der Waals surface area contributed by atoms with Crippen LogP contribution in [0.15, 0.2) is 60.7 Å². The molecule has 1 aliphatic heterocycles. The molecule has 0 bridgehead atoms. The first-order valence-electron chi connectivity index (χ1n) is 9.38. The number of benzene rings is 2. The number of hydrogen-bond acceptors (Lipinski definition) is 5. The number of ether oxygens (including phenoxy) is 2. The van der Waals surface area contributed by atoms with E-state index < -0.39 is 5.97 Å². The summed E-state index contributed by atoms with van der Waals surface area (Å²) in [7, 11) is 1.37. The summed E-state index contributed by atoms with van der Waals surface area (Å²) in [5.41, 5.74) is 4.48. The third-order valence-corrected chi connectivity index (χ3v) is 4.87. The predicted octanol–water partition coefficient (Wildman–Crippen LogP) is 3.22. The Bertz CT molecular complexity index is 947. The molecule has 0 N–H and O–H groups in total. The van der Waals surface area contributed by atoms with Gasteiger partial charge in [0, 0.05) is 24.3 Å². The van der Waals surface area contributed by atoms with Gasteiger partial charge in [-0.05, 0) is 23.8 Å². The van der Waals surface area contributed by atoms with Gasteiger partial charge in [0.15, 0.2) is 5.69 Å². The van der Waals surface area contributed by atoms with E-state index in [2.05, 4.69) is 22.1 Å². The molecule has 144 valence electrons. The second-order valence-corrected chi connectivity index (χ2v) is 6.70. The van der Waals surface area contributed by atoms with Gasteiger partial charge in [0.25, 0.3) is 0 Å². The van der Waals surface area contributed by atoms with Crippen molar-refractivity contribution in [1.29, 1.82) is 0 Å². The molecule has 1 aliphatic rings. The van der Waals surface area contributed by atoms with Gasteiger partial charge in [-0.15, -0.1) is 0 Å². The quantitative estimate of drug-likeness (QED) is 0.639. The maximum absolute atomic E-state index is 12.1. The molecule has 6 heteroatoms. The Morgan fingerprint density at radius 3 is 2.61 bits per heavy atom. The molecule has 0 unspecified atom stereocenters. The zero-order valence-electron chi connectivity index (χ0n) is 15.9. The highest BCUT2D eigenvalue weighted by Gasteiger charge is 2.18. The largest absolute Gasteiger partial charge is 0.464 e. The van der Waals surface area contributed by atoms with Gasteiger partial charge >= 0.3 is 5.97 Å². The van der Waals surface area contributed by atoms with Gasteiger partial charge in [0.1, 0.15) is 0 Å². The monoisotopic (exact) mass is 377 g/mol. The zero-order valence-corrected chi connectivity index (χ0v) is 15.9. The van der Waals surface area contributed by atoms with Crippen LogP contribution in [0, 0.1) is 0 Å². The summed E-state index contributed by atoms with van der Waals surface area (Å²) in [6.45, 7) is 3.81. The van der Waals surface area contributed by atoms with E-state index >= 15 is 0 Å². The van der Waals surface area contributed by atoms with Crippen molar-refractivity contribution in [3.8, 4) is 11.3 Å². The van der Waals surface area contributed by atoms with E-state index in [4.69, 9.17) is 9.47 Å². The minimum absolute atomic E-state index is 0.310. The lowest BCUT2D eigenvalue weighted by atomic mass is 10.1. The molecule has 3 aromatic rings. The van der Waals surface area contributed by atoms with E-state index in [9.17, 15) is 4.79 Å². The fourth-order valence-corrected chi connectivity index (χ4v) is 3.41. The Morgan fingerprint density at radius 1 is 1.07 bits per heavy atom. The Morgan fingerprint density at radius 2 is 1.86 bits per heavy atom. The van der Waals surface area contributed by atoms with Crippen molar-refractivity contribution in [2.45, 2.75) is 6.54 Å². The lowest BCUT2D eigenvalue weighted by Crippen LogP contribution is -2.36. The van der Waals surface area contributed by atoms with Crippen molar-refractivity contribution in [3.63, 3.8) is 0 Å². The highest BCUT2D eigenvalue weighted by atomic mass is 16.5. The molecule has 0 saturated carbocycles. The van der Waals surface area contributed by atoms with Gasteiger partial charge in [-0.2, -0.15) is 5.10 Å². The molecular weight excluding hydrogens is 354 g/mol. The molecule has 1 aromatic heterocycles. The molecule has 1 saturated heterocycles. The average molecular weight is 377 g/mol. The fraction of sp³-hybridized carbons (Fsp3) is 0.273. The average Bonchev–Trinajstić information content (AvgIpc) is 3.18. The minimum atomic E-state index is -0.433. The molecule has 0 amide bonds. The number of nitrogens with zero attached hydrogens (tertiary/aromatic N) is 3. The van der Waals surface area contributed by atoms with Crippen LogP contribution >= 0.6 is 0 Å². The zero-order chi connectivity index (χ0) is 19.3. The van der Waals surface area contributed by atoms with Crippen LogP contribution in [-0.4, -0.2) is 49.2 Å². The summed E-state index contributed by atoms with van der Waals surface area (Å²) in [6.07, 6.45) is 0. The van der Waals surface area contributed by atoms with Crippen molar-refractivity contribution in [2.24, 2.45) is 0 Å². The van der Waals surface area contributed by atoms with Crippen LogP contribution in [0.4, 0.5) is 5.69 Å². The number of methoxy groups -OCH3 is 1. The molecule has 28 heavy (non-hydrogen) atoms. The van der Waals surface area contributed by atoms with Crippen LogP contribution in [0.1, 0.15) is 16.1 Å². The Kier molecular flexibility index (Phi) is 5.39. The number of rotatable bonds is 5. The fourth-order valence-electron chi connectivity index (χ4n) is 3.41. The Balaban J connectivity index is 1.71. The molecule has 0 radical (unpaired) electrons. The molecule has 6 nitrogen and oxygen atoms in total. The number of hydrogen-bond donors (Lipinski definition) is 0. The molecule has 2 heterocycles. The molecule has 1 fully saturated rings. The highest BCUT2D eigenvalue weighted by molar-refractivity contribution is 5.88. The van der Waals surface area contributed by atoms with Gasteiger partial charge in [-0.1, -0.05) is 42.5 Å². The predicted molar refractivity (Wildman–Crippen MR) is 108 cm³/mol. The van der Waals surface area contributed by atoms with Crippen molar-refractivity contribution < 1.29 is 14.3 Å². The minimum Gasteiger partial charge on any atom is -0.464 e. The van der Waals surface area contributed by atoms with Crippen LogP contribution in [-0.2, 0) is 16.0 Å². The molecule has 4 rings (SSSR count). The SMILES string of the molecule is COC(=O)c1cc(-c2cccc(N3CCOCC3)c2)n(Cc2ccccc2)n1. The number of esters is 1. The topological polar surface area (TPSA) is 56.6 Å². The summed E-state index contributed by atoms with van der Waals surface area (Å²) in [6, 6.07) is 20.2. The maximum atomic E-state index is 12.1. The van der Waals surface area contributed by atoms with Crippen LogP contribution in [0.3, 0.4) is 0 Å². The van der Waals surface area contributed by atoms with E-state index in [0.29, 0.717) is 12.2 Å². The Labute approximate surface area is 164 Å². The third kappa shape index (κ3) is 3.92. The van der Waals surface area contributed by atoms with Gasteiger partial charge in [-0.25, -0.2) is 4.79 Å². The normalized spacial score (nSPS) is 14.1. The van der Waals surface area contributed by atoms with Crippen molar-refractivity contribution in [2.75, 3.05) is 38.3 Å². The van der Waals surface area contributed by atoms with Gasteiger partial charge in [-0.3, -0.25) is 4.68 Å². The Hall–Kier alpha value is -3.12. The maximum Gasteiger partial charge on any atom is 0.358 e. The van der Waals surface area contributed by atoms with Crippen LogP contribution in [0.5, 0.6) is 0 Å². The highest BCUT2D eigenvalue weighted by Crippen LogP contribution is 2.27. The molecular formula is C22H23N3O3. The first-order chi connectivity index (χ1) is 13.7. The number of morpholine rings is 1. The second kappa shape index (κ2) is 8.27. The van der Waals surface area contributed by atoms with Crippen molar-refractivity contribution >= 4 is 11.7 Å². The van der Waals surface area contributed by atoms with E-state index in [1.54, 1.807) is 6.07 Å². The van der Waals surface area contributed by atoms with E-state index in [0.717, 1.165) is 48.8 Å². The smallest absolute Gasteiger partial charge is 0.358 e. The number of aromatic nitrogens is 2. The number of carbonyl (C=O) groups is 1. The number of anilines is 1. The molecule has 0 atom stereocenters. The van der Waals surface area contributed by atoms with Gasteiger partial charge < -0.3 is 14.4 Å². The molecule has 0 aliphatic carbocycles. The number of carbonyl (C=O) groups excluding carboxylic acids is 1. The van der Waals surface area contributed by atoms with E-state index in [-0.39, 0.29) is 0 Å². The third-order valence-electron chi connectivity index (χ3n) is 4.87. The summed E-state index contributed by atoms with van der Waals surface area (Å²) in [4.78, 5) is 14.4. The second-order valence-electron chi connectivity index (χ2n) is 6.70. The van der Waals surface area contributed by atoms with Crippen molar-refractivity contribution in [1.82, 2.24) is 9.78 Å². The van der Waals surface area contributed by atoms with E-state index in [1.807, 2.05) is 47.1 Å². The molecule has 2 aromatic carbocycles. The lowest BCUT2D eigenvalue weighted by molar-refractivity contribution is 0.0593. The summed E-state index contributed by atoms with van der Waals surface area (Å²) in [5, 5.41) is 4.50. The summed E-state index contributed by atoms with van der Waals surface area (Å²) < 4.78 is 12.2. The first kappa shape index (κ1) is 18.3. The summed E-state index contributed by atoms with van der Waals surface area (Å²) in [5.74, 6) is -0.433. The van der Waals surface area contributed by atoms with Crippen molar-refractivity contribution in [3.05, 3.63) is 71.9 Å². The standard InChI is InChI=1S/C22H23N3O3/c1-27-22(26)20-15-21(25(23-20)16-17-6-3-2-4-7-17)18-8-5-9-19(14-18)24-10-12-28-13-11-24/h2-9,14-15H,10-13,16H2,1H3. The van der Waals surface area contributed by atoms with Gasteiger partial charge in [0.2, 0.25) is 0 Å². The molecule has 0 spiro atoms. The van der Waals surface area contributed by atoms with Crippen LogP contribution in [0.2, 0.25) is 0 Å². The van der Waals surface area contributed by atoms with Crippen LogP contribution in [0.25, 0.3) is 11.3 Å². The van der Waals surface area contributed by atoms with Crippen LogP contribution < -0.4 is 4.90 Å². The first-order valence-corrected chi connectivity index (χ1v) is 9.38. The summed E-state index contributed by atoms with van der Waals surface area (Å²) >= 11 is 0. The van der Waals surface area contributed by atoms with E-state index in [1.165, 1.54) is 7.11 Å². The van der Waals surface area contributed by atoms with Gasteiger partial charge in [0.05, 0.1) is 32.6 Å².